The lowest BCUT2D eigenvalue weighted by molar-refractivity contribution is -0.137. The van der Waals surface area contributed by atoms with Crippen LogP contribution in [-0.4, -0.2) is 16.9 Å². The van der Waals surface area contributed by atoms with E-state index in [9.17, 15) is 18.0 Å². The van der Waals surface area contributed by atoms with Crippen LogP contribution in [0.25, 0.3) is 0 Å². The number of rotatable bonds is 6. The van der Waals surface area contributed by atoms with Crippen molar-refractivity contribution in [2.45, 2.75) is 38.1 Å². The minimum Gasteiger partial charge on any atom is -0.397 e. The zero-order chi connectivity index (χ0) is 16.0. The normalized spacial score (nSPS) is 13.0. The maximum atomic E-state index is 12.5. The Morgan fingerprint density at radius 1 is 1.43 bits per heavy atom. The Labute approximate surface area is 126 Å². The van der Waals surface area contributed by atoms with Gasteiger partial charge in [0.1, 0.15) is 0 Å². The summed E-state index contributed by atoms with van der Waals surface area (Å²) in [5, 5.41) is 2.28. The second-order valence-corrected chi connectivity index (χ2v) is 6.10. The van der Waals surface area contributed by atoms with E-state index in [1.807, 2.05) is 0 Å². The summed E-state index contributed by atoms with van der Waals surface area (Å²) in [5.41, 5.74) is 4.85. The van der Waals surface area contributed by atoms with Crippen LogP contribution in [-0.2, 0) is 11.0 Å². The number of halogens is 3. The molecule has 0 radical (unpaired) electrons. The number of thioether (sulfide) groups is 1. The number of amides is 1. The lowest BCUT2D eigenvalue weighted by Crippen LogP contribution is -2.23. The van der Waals surface area contributed by atoms with E-state index in [1.54, 1.807) is 6.92 Å². The lowest BCUT2D eigenvalue weighted by Gasteiger charge is -2.14. The first-order chi connectivity index (χ1) is 9.75. The molecule has 0 spiro atoms. The number of nitrogen functional groups attached to an aromatic ring is 1. The molecule has 1 unspecified atom stereocenters. The van der Waals surface area contributed by atoms with Crippen LogP contribution in [0.2, 0.25) is 0 Å². The van der Waals surface area contributed by atoms with Crippen LogP contribution in [0.4, 0.5) is 24.5 Å². The van der Waals surface area contributed by atoms with Gasteiger partial charge in [-0.2, -0.15) is 13.2 Å². The molecule has 118 valence electrons. The second-order valence-electron chi connectivity index (χ2n) is 4.66. The van der Waals surface area contributed by atoms with Gasteiger partial charge in [-0.1, -0.05) is 13.3 Å². The highest BCUT2D eigenvalue weighted by atomic mass is 32.2. The van der Waals surface area contributed by atoms with E-state index in [-0.39, 0.29) is 22.5 Å². The van der Waals surface area contributed by atoms with Gasteiger partial charge >= 0.3 is 6.18 Å². The van der Waals surface area contributed by atoms with Crippen LogP contribution in [0.5, 0.6) is 0 Å². The summed E-state index contributed by atoms with van der Waals surface area (Å²) in [6.45, 7) is 3.82. The largest absolute Gasteiger partial charge is 0.416 e. The molecule has 0 aromatic heterocycles. The number of nitrogens with one attached hydrogen (secondary N) is 1. The molecule has 3 N–H and O–H groups in total. The van der Waals surface area contributed by atoms with Crippen molar-refractivity contribution in [3.63, 3.8) is 0 Å². The molecular formula is C14H19F3N2OS. The summed E-state index contributed by atoms with van der Waals surface area (Å²) in [6, 6.07) is 2.91. The van der Waals surface area contributed by atoms with Gasteiger partial charge in [-0.05, 0) is 37.3 Å². The van der Waals surface area contributed by atoms with Crippen LogP contribution in [0, 0.1) is 0 Å². The van der Waals surface area contributed by atoms with E-state index in [1.165, 1.54) is 17.8 Å². The number of carbonyl (C=O) groups is 1. The van der Waals surface area contributed by atoms with Crippen molar-refractivity contribution < 1.29 is 18.0 Å². The van der Waals surface area contributed by atoms with Crippen LogP contribution < -0.4 is 11.1 Å². The zero-order valence-electron chi connectivity index (χ0n) is 12.0. The third-order valence-corrected chi connectivity index (χ3v) is 4.11. The number of unbranched alkanes of at least 4 members (excludes halogenated alkanes) is 1. The fraction of sp³-hybridized carbons (Fsp3) is 0.500. The van der Waals surface area contributed by atoms with Crippen molar-refractivity contribution in [2.75, 3.05) is 16.8 Å². The Morgan fingerprint density at radius 3 is 2.62 bits per heavy atom. The van der Waals surface area contributed by atoms with Gasteiger partial charge < -0.3 is 11.1 Å². The Morgan fingerprint density at radius 2 is 2.10 bits per heavy atom. The molecule has 0 saturated heterocycles. The first-order valence-electron chi connectivity index (χ1n) is 6.65. The van der Waals surface area contributed by atoms with Gasteiger partial charge in [0.15, 0.2) is 0 Å². The van der Waals surface area contributed by atoms with E-state index in [0.717, 1.165) is 30.7 Å². The van der Waals surface area contributed by atoms with Gasteiger partial charge in [0, 0.05) is 0 Å². The smallest absolute Gasteiger partial charge is 0.397 e. The molecule has 0 bridgehead atoms. The highest BCUT2D eigenvalue weighted by Gasteiger charge is 2.31. The predicted octanol–water partition coefficient (Wildman–Crippen LogP) is 4.15. The van der Waals surface area contributed by atoms with E-state index in [0.29, 0.717) is 0 Å². The molecule has 1 aromatic rings. The maximum Gasteiger partial charge on any atom is 0.416 e. The van der Waals surface area contributed by atoms with Crippen molar-refractivity contribution in [2.24, 2.45) is 0 Å². The molecular weight excluding hydrogens is 301 g/mol. The number of nitrogens with two attached hydrogens (primary N) is 1. The fourth-order valence-electron chi connectivity index (χ4n) is 1.57. The third kappa shape index (κ3) is 5.49. The summed E-state index contributed by atoms with van der Waals surface area (Å²) >= 11 is 1.51. The first kappa shape index (κ1) is 17.7. The number of carbonyl (C=O) groups excluding carboxylic acids is 1. The molecule has 0 fully saturated rings. The van der Waals surface area contributed by atoms with Gasteiger partial charge in [-0.15, -0.1) is 11.8 Å². The van der Waals surface area contributed by atoms with E-state index >= 15 is 0 Å². The van der Waals surface area contributed by atoms with Gasteiger partial charge in [0.25, 0.3) is 0 Å². The van der Waals surface area contributed by atoms with E-state index in [2.05, 4.69) is 12.2 Å². The van der Waals surface area contributed by atoms with Gasteiger partial charge in [-0.25, -0.2) is 0 Å². The van der Waals surface area contributed by atoms with Crippen molar-refractivity contribution in [3.05, 3.63) is 23.8 Å². The standard InChI is InChI=1S/C14H19F3N2OS/c1-3-4-7-21-9(2)13(20)19-12-6-5-10(8-11(12)18)14(15,16)17/h5-6,8-9H,3-4,7,18H2,1-2H3,(H,19,20). The molecule has 7 heteroatoms. The summed E-state index contributed by atoms with van der Waals surface area (Å²) < 4.78 is 37.6. The third-order valence-electron chi connectivity index (χ3n) is 2.87. The lowest BCUT2D eigenvalue weighted by atomic mass is 10.1. The molecule has 1 amide bonds. The molecule has 0 heterocycles. The first-order valence-corrected chi connectivity index (χ1v) is 7.69. The highest BCUT2D eigenvalue weighted by molar-refractivity contribution is 8.00. The van der Waals surface area contributed by atoms with Crippen molar-refractivity contribution in [1.82, 2.24) is 0 Å². The van der Waals surface area contributed by atoms with Crippen molar-refractivity contribution >= 4 is 29.0 Å². The summed E-state index contributed by atoms with van der Waals surface area (Å²) in [5.74, 6) is 0.607. The number of anilines is 2. The molecule has 1 atom stereocenters. The Hall–Kier alpha value is -1.37. The van der Waals surface area contributed by atoms with E-state index < -0.39 is 11.7 Å². The quantitative estimate of drug-likeness (QED) is 0.611. The Kier molecular flexibility index (Phi) is 6.39. The van der Waals surface area contributed by atoms with Gasteiger partial charge in [-0.3, -0.25) is 4.79 Å². The zero-order valence-corrected chi connectivity index (χ0v) is 12.8. The van der Waals surface area contributed by atoms with E-state index in [4.69, 9.17) is 5.73 Å². The SMILES string of the molecule is CCCCSC(C)C(=O)Nc1ccc(C(F)(F)F)cc1N. The Balaban J connectivity index is 2.68. The monoisotopic (exact) mass is 320 g/mol. The molecule has 0 aliphatic rings. The van der Waals surface area contributed by atoms with Crippen LogP contribution in [0.15, 0.2) is 18.2 Å². The molecule has 3 nitrogen and oxygen atoms in total. The summed E-state index contributed by atoms with van der Waals surface area (Å²) in [4.78, 5) is 11.9. The van der Waals surface area contributed by atoms with Gasteiger partial charge in [0.05, 0.1) is 22.2 Å². The molecule has 0 aliphatic carbocycles. The predicted molar refractivity (Wildman–Crippen MR) is 81.3 cm³/mol. The molecule has 0 aliphatic heterocycles. The number of benzene rings is 1. The maximum absolute atomic E-state index is 12.5. The summed E-state index contributed by atoms with van der Waals surface area (Å²) in [6.07, 6.45) is -2.38. The fourth-order valence-corrected chi connectivity index (χ4v) is 2.59. The van der Waals surface area contributed by atoms with Crippen LogP contribution in [0.3, 0.4) is 0 Å². The minimum absolute atomic E-state index is 0.0936. The summed E-state index contributed by atoms with van der Waals surface area (Å²) in [7, 11) is 0. The van der Waals surface area contributed by atoms with Gasteiger partial charge in [0.2, 0.25) is 5.91 Å². The van der Waals surface area contributed by atoms with Crippen LogP contribution >= 0.6 is 11.8 Å². The minimum atomic E-state index is -4.44. The van der Waals surface area contributed by atoms with Crippen LogP contribution in [0.1, 0.15) is 32.3 Å². The highest BCUT2D eigenvalue weighted by Crippen LogP contribution is 2.33. The number of hydrogen-bond acceptors (Lipinski definition) is 3. The molecule has 0 saturated carbocycles. The topological polar surface area (TPSA) is 55.1 Å². The molecule has 1 rings (SSSR count). The average Bonchev–Trinajstić information content (AvgIpc) is 2.39. The average molecular weight is 320 g/mol. The number of alkyl halides is 3. The Bertz CT molecular complexity index is 492. The second kappa shape index (κ2) is 7.59. The van der Waals surface area contributed by atoms with Crippen molar-refractivity contribution in [1.29, 1.82) is 0 Å². The molecule has 1 aromatic carbocycles. The number of hydrogen-bond donors (Lipinski definition) is 2. The van der Waals surface area contributed by atoms with Crippen molar-refractivity contribution in [3.8, 4) is 0 Å². The molecule has 21 heavy (non-hydrogen) atoms.